The molecule has 2 aromatic rings. The number of piperazine rings is 1. The molecule has 1 aliphatic heterocycles. The predicted octanol–water partition coefficient (Wildman–Crippen LogP) is 2.67. The topological polar surface area (TPSA) is 78.7 Å². The van der Waals surface area contributed by atoms with E-state index in [0.717, 1.165) is 23.2 Å². The fraction of sp³-hybridized carbons (Fsp3) is 0.391. The molecule has 1 heterocycles. The molecule has 29 heavy (non-hydrogen) atoms. The number of amides is 2. The van der Waals surface area contributed by atoms with Crippen LogP contribution >= 0.6 is 0 Å². The van der Waals surface area contributed by atoms with Crippen LogP contribution in [0.15, 0.2) is 48.5 Å². The van der Waals surface area contributed by atoms with Gasteiger partial charge in [0.05, 0.1) is 6.54 Å². The molecule has 3 rings (SSSR count). The molecule has 1 aliphatic rings. The molecule has 2 amide bonds. The standard InChI is InChI=1S/C23H30N4O2/c1-3-18-6-4-5-7-21(18)25-22(28)16-26-12-14-27(15-13-26)23(29)20-10-8-19(9-11-20)17(2)24/h4-11,17H,3,12-16,24H2,1-2H3,(H,25,28)/t17-/m1/s1. The van der Waals surface area contributed by atoms with Crippen molar-refractivity contribution < 1.29 is 9.59 Å². The number of nitrogens with one attached hydrogen (secondary N) is 1. The molecule has 154 valence electrons. The first-order valence-corrected chi connectivity index (χ1v) is 10.2. The van der Waals surface area contributed by atoms with E-state index in [-0.39, 0.29) is 17.9 Å². The summed E-state index contributed by atoms with van der Waals surface area (Å²) in [5.41, 5.74) is 9.57. The number of para-hydroxylation sites is 1. The molecular formula is C23H30N4O2. The van der Waals surface area contributed by atoms with E-state index in [4.69, 9.17) is 5.73 Å². The van der Waals surface area contributed by atoms with Crippen molar-refractivity contribution in [3.63, 3.8) is 0 Å². The lowest BCUT2D eigenvalue weighted by Crippen LogP contribution is -2.50. The van der Waals surface area contributed by atoms with Gasteiger partial charge in [-0.1, -0.05) is 37.3 Å². The van der Waals surface area contributed by atoms with E-state index in [2.05, 4.69) is 17.1 Å². The Hall–Kier alpha value is -2.70. The second-order valence-electron chi connectivity index (χ2n) is 7.54. The number of nitrogens with two attached hydrogens (primary N) is 1. The van der Waals surface area contributed by atoms with Gasteiger partial charge in [0.15, 0.2) is 0 Å². The molecule has 0 aliphatic carbocycles. The van der Waals surface area contributed by atoms with E-state index < -0.39 is 0 Å². The number of benzene rings is 2. The molecule has 6 nitrogen and oxygen atoms in total. The second-order valence-corrected chi connectivity index (χ2v) is 7.54. The van der Waals surface area contributed by atoms with Crippen LogP contribution in [0.25, 0.3) is 0 Å². The van der Waals surface area contributed by atoms with Gasteiger partial charge in [-0.2, -0.15) is 0 Å². The van der Waals surface area contributed by atoms with Crippen LogP contribution in [0.5, 0.6) is 0 Å². The highest BCUT2D eigenvalue weighted by molar-refractivity contribution is 5.94. The summed E-state index contributed by atoms with van der Waals surface area (Å²) in [6, 6.07) is 15.3. The predicted molar refractivity (Wildman–Crippen MR) is 116 cm³/mol. The van der Waals surface area contributed by atoms with Gasteiger partial charge in [0.1, 0.15) is 0 Å². The Morgan fingerprint density at radius 3 is 2.31 bits per heavy atom. The first-order chi connectivity index (χ1) is 14.0. The summed E-state index contributed by atoms with van der Waals surface area (Å²) in [6.45, 7) is 6.94. The fourth-order valence-corrected chi connectivity index (χ4v) is 3.56. The molecule has 1 saturated heterocycles. The fourth-order valence-electron chi connectivity index (χ4n) is 3.56. The van der Waals surface area contributed by atoms with E-state index in [0.29, 0.717) is 38.3 Å². The second kappa shape index (κ2) is 9.67. The number of aryl methyl sites for hydroxylation is 1. The molecule has 3 N–H and O–H groups in total. The van der Waals surface area contributed by atoms with Crippen LogP contribution in [-0.2, 0) is 11.2 Å². The molecule has 0 spiro atoms. The lowest BCUT2D eigenvalue weighted by atomic mass is 10.1. The highest BCUT2D eigenvalue weighted by Crippen LogP contribution is 2.16. The number of rotatable bonds is 6. The SMILES string of the molecule is CCc1ccccc1NC(=O)CN1CCN(C(=O)c2ccc([C@@H](C)N)cc2)CC1. The average Bonchev–Trinajstić information content (AvgIpc) is 2.74. The van der Waals surface area contributed by atoms with Crippen molar-refractivity contribution in [1.82, 2.24) is 9.80 Å². The van der Waals surface area contributed by atoms with Gasteiger partial charge in [0.2, 0.25) is 5.91 Å². The van der Waals surface area contributed by atoms with Crippen LogP contribution in [0.4, 0.5) is 5.69 Å². The molecule has 1 atom stereocenters. The Kier molecular flexibility index (Phi) is 7.01. The molecule has 2 aromatic carbocycles. The van der Waals surface area contributed by atoms with Crippen LogP contribution in [0.1, 0.15) is 41.4 Å². The maximum absolute atomic E-state index is 12.7. The van der Waals surface area contributed by atoms with Gasteiger partial charge in [-0.15, -0.1) is 0 Å². The summed E-state index contributed by atoms with van der Waals surface area (Å²) in [7, 11) is 0. The van der Waals surface area contributed by atoms with Crippen molar-refractivity contribution >= 4 is 17.5 Å². The van der Waals surface area contributed by atoms with E-state index in [1.54, 1.807) is 0 Å². The van der Waals surface area contributed by atoms with Gasteiger partial charge in [0.25, 0.3) is 5.91 Å². The number of carbonyl (C=O) groups is 2. The van der Waals surface area contributed by atoms with Crippen molar-refractivity contribution in [3.8, 4) is 0 Å². The van der Waals surface area contributed by atoms with Crippen molar-refractivity contribution in [2.24, 2.45) is 5.73 Å². The molecular weight excluding hydrogens is 364 g/mol. The molecule has 0 unspecified atom stereocenters. The molecule has 6 heteroatoms. The quantitative estimate of drug-likeness (QED) is 0.790. The monoisotopic (exact) mass is 394 g/mol. The highest BCUT2D eigenvalue weighted by atomic mass is 16.2. The molecule has 0 saturated carbocycles. The maximum atomic E-state index is 12.7. The lowest BCUT2D eigenvalue weighted by molar-refractivity contribution is -0.117. The van der Waals surface area contributed by atoms with E-state index >= 15 is 0 Å². The van der Waals surface area contributed by atoms with Crippen molar-refractivity contribution in [2.45, 2.75) is 26.3 Å². The van der Waals surface area contributed by atoms with Crippen LogP contribution in [0.2, 0.25) is 0 Å². The van der Waals surface area contributed by atoms with Gasteiger partial charge < -0.3 is 16.0 Å². The summed E-state index contributed by atoms with van der Waals surface area (Å²) < 4.78 is 0. The first kappa shape index (κ1) is 21.0. The van der Waals surface area contributed by atoms with E-state index in [1.807, 2.05) is 60.4 Å². The maximum Gasteiger partial charge on any atom is 0.253 e. The summed E-state index contributed by atoms with van der Waals surface area (Å²) in [6.07, 6.45) is 0.877. The third-order valence-electron chi connectivity index (χ3n) is 5.38. The van der Waals surface area contributed by atoms with Gasteiger partial charge in [0, 0.05) is 43.5 Å². The van der Waals surface area contributed by atoms with E-state index in [1.165, 1.54) is 0 Å². The normalized spacial score (nSPS) is 15.8. The number of nitrogens with zero attached hydrogens (tertiary/aromatic N) is 2. The zero-order chi connectivity index (χ0) is 20.8. The average molecular weight is 395 g/mol. The minimum atomic E-state index is -0.0434. The Bertz CT molecular complexity index is 840. The lowest BCUT2D eigenvalue weighted by Gasteiger charge is -2.34. The van der Waals surface area contributed by atoms with Gasteiger partial charge in [-0.25, -0.2) is 0 Å². The smallest absolute Gasteiger partial charge is 0.253 e. The Labute approximate surface area is 172 Å². The van der Waals surface area contributed by atoms with Crippen molar-refractivity contribution in [2.75, 3.05) is 38.0 Å². The largest absolute Gasteiger partial charge is 0.336 e. The van der Waals surface area contributed by atoms with E-state index in [9.17, 15) is 9.59 Å². The number of hydrogen-bond acceptors (Lipinski definition) is 4. The Morgan fingerprint density at radius 1 is 1.03 bits per heavy atom. The van der Waals surface area contributed by atoms with Crippen LogP contribution in [0.3, 0.4) is 0 Å². The zero-order valence-corrected chi connectivity index (χ0v) is 17.2. The number of anilines is 1. The first-order valence-electron chi connectivity index (χ1n) is 10.2. The third-order valence-corrected chi connectivity index (χ3v) is 5.38. The van der Waals surface area contributed by atoms with Gasteiger partial charge in [-0.05, 0) is 42.7 Å². The Morgan fingerprint density at radius 2 is 1.69 bits per heavy atom. The van der Waals surface area contributed by atoms with Crippen LogP contribution in [-0.4, -0.2) is 54.3 Å². The number of carbonyl (C=O) groups excluding carboxylic acids is 2. The minimum Gasteiger partial charge on any atom is -0.336 e. The van der Waals surface area contributed by atoms with Crippen molar-refractivity contribution in [3.05, 3.63) is 65.2 Å². The van der Waals surface area contributed by atoms with Crippen molar-refractivity contribution in [1.29, 1.82) is 0 Å². The Balaban J connectivity index is 1.49. The van der Waals surface area contributed by atoms with Gasteiger partial charge >= 0.3 is 0 Å². The zero-order valence-electron chi connectivity index (χ0n) is 17.2. The molecule has 0 bridgehead atoms. The third kappa shape index (κ3) is 5.43. The minimum absolute atomic E-state index is 0.0165. The van der Waals surface area contributed by atoms with Crippen LogP contribution in [0, 0.1) is 0 Å². The number of hydrogen-bond donors (Lipinski definition) is 2. The summed E-state index contributed by atoms with van der Waals surface area (Å²) >= 11 is 0. The van der Waals surface area contributed by atoms with Gasteiger partial charge in [-0.3, -0.25) is 14.5 Å². The summed E-state index contributed by atoms with van der Waals surface area (Å²) in [4.78, 5) is 29.1. The molecule has 0 aromatic heterocycles. The van der Waals surface area contributed by atoms with Crippen LogP contribution < -0.4 is 11.1 Å². The molecule has 0 radical (unpaired) electrons. The summed E-state index contributed by atoms with van der Waals surface area (Å²) in [5, 5.41) is 3.01. The molecule has 1 fully saturated rings. The highest BCUT2D eigenvalue weighted by Gasteiger charge is 2.23. The summed E-state index contributed by atoms with van der Waals surface area (Å²) in [5.74, 6) is 0.0133.